The van der Waals surface area contributed by atoms with Gasteiger partial charge in [-0.2, -0.15) is 5.10 Å². The lowest BCUT2D eigenvalue weighted by molar-refractivity contribution is 0.0927. The molecule has 0 spiro atoms. The third kappa shape index (κ3) is 3.23. The second-order valence-corrected chi connectivity index (χ2v) is 7.76. The number of aromatic nitrogens is 2. The fourth-order valence-electron chi connectivity index (χ4n) is 4.22. The Morgan fingerprint density at radius 3 is 2.73 bits per heavy atom. The second-order valence-electron chi connectivity index (χ2n) is 7.76. The van der Waals surface area contributed by atoms with Crippen molar-refractivity contribution in [1.82, 2.24) is 14.7 Å². The van der Waals surface area contributed by atoms with Gasteiger partial charge in [0, 0.05) is 43.4 Å². The Morgan fingerprint density at radius 2 is 1.95 bits per heavy atom. The number of fused-ring (bicyclic) bond motifs is 1. The molecule has 22 heavy (non-hydrogen) atoms. The first-order valence-electron chi connectivity index (χ1n) is 9.10. The van der Waals surface area contributed by atoms with Crippen molar-refractivity contribution >= 4 is 0 Å². The SMILES string of the molecule is CN1Cc2cnn(CC3CCCC3)c2[C@@H](COCC2CC2)C1. The summed E-state index contributed by atoms with van der Waals surface area (Å²) >= 11 is 0. The van der Waals surface area contributed by atoms with Gasteiger partial charge < -0.3 is 9.64 Å². The van der Waals surface area contributed by atoms with Crippen LogP contribution in [0.15, 0.2) is 6.20 Å². The largest absolute Gasteiger partial charge is 0.380 e. The van der Waals surface area contributed by atoms with Crippen LogP contribution in [0, 0.1) is 11.8 Å². The minimum atomic E-state index is 0.497. The Balaban J connectivity index is 1.46. The van der Waals surface area contributed by atoms with E-state index >= 15 is 0 Å². The lowest BCUT2D eigenvalue weighted by Gasteiger charge is -2.31. The van der Waals surface area contributed by atoms with Crippen molar-refractivity contribution in [2.24, 2.45) is 11.8 Å². The van der Waals surface area contributed by atoms with Crippen molar-refractivity contribution < 1.29 is 4.74 Å². The first kappa shape index (κ1) is 14.7. The Labute approximate surface area is 133 Å². The highest BCUT2D eigenvalue weighted by atomic mass is 16.5. The molecule has 1 aliphatic heterocycles. The molecule has 0 bridgehead atoms. The predicted molar refractivity (Wildman–Crippen MR) is 86.8 cm³/mol. The zero-order valence-corrected chi connectivity index (χ0v) is 13.8. The number of likely N-dealkylation sites (N-methyl/N-ethyl adjacent to an activating group) is 1. The molecule has 0 amide bonds. The standard InChI is InChI=1S/C18H29N3O/c1-20-10-16-8-19-21(9-14-4-2-3-5-14)18(16)17(11-20)13-22-12-15-6-7-15/h8,14-15,17H,2-7,9-13H2,1H3/t17-/m1/s1. The Hall–Kier alpha value is -0.870. The Bertz CT molecular complexity index is 502. The molecule has 122 valence electrons. The summed E-state index contributed by atoms with van der Waals surface area (Å²) in [5, 5.41) is 4.74. The lowest BCUT2D eigenvalue weighted by Crippen LogP contribution is -2.34. The van der Waals surface area contributed by atoms with Crippen LogP contribution in [-0.4, -0.2) is 41.5 Å². The third-order valence-electron chi connectivity index (χ3n) is 5.59. The van der Waals surface area contributed by atoms with E-state index in [-0.39, 0.29) is 0 Å². The highest BCUT2D eigenvalue weighted by Gasteiger charge is 2.30. The molecule has 2 saturated carbocycles. The molecule has 0 radical (unpaired) electrons. The third-order valence-corrected chi connectivity index (χ3v) is 5.59. The van der Waals surface area contributed by atoms with Crippen LogP contribution in [0.5, 0.6) is 0 Å². The normalized spacial score (nSPS) is 26.5. The summed E-state index contributed by atoms with van der Waals surface area (Å²) in [5.74, 6) is 2.19. The lowest BCUT2D eigenvalue weighted by atomic mass is 9.97. The summed E-state index contributed by atoms with van der Waals surface area (Å²) in [5.41, 5.74) is 2.90. The van der Waals surface area contributed by atoms with Crippen LogP contribution in [-0.2, 0) is 17.8 Å². The molecule has 1 aromatic heterocycles. The minimum absolute atomic E-state index is 0.497. The van der Waals surface area contributed by atoms with E-state index in [1.807, 2.05) is 0 Å². The van der Waals surface area contributed by atoms with Gasteiger partial charge in [-0.1, -0.05) is 12.8 Å². The fraction of sp³-hybridized carbons (Fsp3) is 0.833. The molecule has 2 fully saturated rings. The maximum absolute atomic E-state index is 6.03. The highest BCUT2D eigenvalue weighted by molar-refractivity contribution is 5.25. The van der Waals surface area contributed by atoms with Gasteiger partial charge in [0.15, 0.2) is 0 Å². The molecule has 0 unspecified atom stereocenters. The van der Waals surface area contributed by atoms with E-state index in [0.29, 0.717) is 5.92 Å². The maximum atomic E-state index is 6.03. The van der Waals surface area contributed by atoms with E-state index in [0.717, 1.165) is 44.7 Å². The van der Waals surface area contributed by atoms with E-state index in [1.54, 1.807) is 0 Å². The zero-order chi connectivity index (χ0) is 14.9. The van der Waals surface area contributed by atoms with Gasteiger partial charge in [-0.25, -0.2) is 0 Å². The Morgan fingerprint density at radius 1 is 1.14 bits per heavy atom. The van der Waals surface area contributed by atoms with Gasteiger partial charge in [-0.3, -0.25) is 4.68 Å². The van der Waals surface area contributed by atoms with E-state index in [4.69, 9.17) is 9.84 Å². The van der Waals surface area contributed by atoms with Gasteiger partial charge in [0.25, 0.3) is 0 Å². The highest BCUT2D eigenvalue weighted by Crippen LogP contribution is 2.33. The van der Waals surface area contributed by atoms with E-state index in [1.165, 1.54) is 49.8 Å². The summed E-state index contributed by atoms with van der Waals surface area (Å²) in [6, 6.07) is 0. The van der Waals surface area contributed by atoms with Crippen LogP contribution >= 0.6 is 0 Å². The van der Waals surface area contributed by atoms with Crippen molar-refractivity contribution in [3.63, 3.8) is 0 Å². The van der Waals surface area contributed by atoms with Gasteiger partial charge in [0.05, 0.1) is 12.8 Å². The van der Waals surface area contributed by atoms with Crippen LogP contribution in [0.3, 0.4) is 0 Å². The fourth-order valence-corrected chi connectivity index (χ4v) is 4.22. The quantitative estimate of drug-likeness (QED) is 0.809. The number of ether oxygens (including phenoxy) is 1. The molecular formula is C18H29N3O. The van der Waals surface area contributed by atoms with Crippen LogP contribution in [0.2, 0.25) is 0 Å². The monoisotopic (exact) mass is 303 g/mol. The van der Waals surface area contributed by atoms with Crippen LogP contribution in [0.1, 0.15) is 55.7 Å². The van der Waals surface area contributed by atoms with Crippen LogP contribution in [0.25, 0.3) is 0 Å². The molecule has 2 aliphatic carbocycles. The van der Waals surface area contributed by atoms with Crippen molar-refractivity contribution in [3.8, 4) is 0 Å². The smallest absolute Gasteiger partial charge is 0.0562 e. The first-order valence-corrected chi connectivity index (χ1v) is 9.10. The van der Waals surface area contributed by atoms with Crippen molar-refractivity contribution in [2.75, 3.05) is 26.8 Å². The molecule has 0 N–H and O–H groups in total. The Kier molecular flexibility index (Phi) is 4.23. The van der Waals surface area contributed by atoms with Crippen LogP contribution < -0.4 is 0 Å². The molecular weight excluding hydrogens is 274 g/mol. The minimum Gasteiger partial charge on any atom is -0.380 e. The summed E-state index contributed by atoms with van der Waals surface area (Å²) in [6.07, 6.45) is 10.4. The van der Waals surface area contributed by atoms with E-state index in [9.17, 15) is 0 Å². The molecule has 0 aromatic carbocycles. The van der Waals surface area contributed by atoms with Gasteiger partial charge in [0.2, 0.25) is 0 Å². The first-order chi connectivity index (χ1) is 10.8. The predicted octanol–water partition coefficient (Wildman–Crippen LogP) is 3.03. The molecule has 4 rings (SSSR count). The average molecular weight is 303 g/mol. The molecule has 1 aromatic rings. The van der Waals surface area contributed by atoms with Crippen molar-refractivity contribution in [2.45, 2.75) is 57.5 Å². The summed E-state index contributed by atoms with van der Waals surface area (Å²) in [7, 11) is 2.21. The van der Waals surface area contributed by atoms with Crippen molar-refractivity contribution in [1.29, 1.82) is 0 Å². The van der Waals surface area contributed by atoms with Crippen LogP contribution in [0.4, 0.5) is 0 Å². The van der Waals surface area contributed by atoms with Gasteiger partial charge in [0.1, 0.15) is 0 Å². The summed E-state index contributed by atoms with van der Waals surface area (Å²) in [6.45, 7) is 5.10. The zero-order valence-electron chi connectivity index (χ0n) is 13.8. The maximum Gasteiger partial charge on any atom is 0.0562 e. The molecule has 0 saturated heterocycles. The number of nitrogens with zero attached hydrogens (tertiary/aromatic N) is 3. The molecule has 4 heteroatoms. The summed E-state index contributed by atoms with van der Waals surface area (Å²) in [4.78, 5) is 2.41. The van der Waals surface area contributed by atoms with Gasteiger partial charge in [-0.05, 0) is 44.6 Å². The number of hydrogen-bond donors (Lipinski definition) is 0. The molecule has 3 aliphatic rings. The number of hydrogen-bond acceptors (Lipinski definition) is 3. The van der Waals surface area contributed by atoms with Crippen molar-refractivity contribution in [3.05, 3.63) is 17.5 Å². The topological polar surface area (TPSA) is 30.3 Å². The average Bonchev–Trinajstić information content (AvgIpc) is 3.02. The summed E-state index contributed by atoms with van der Waals surface area (Å²) < 4.78 is 8.35. The van der Waals surface area contributed by atoms with Gasteiger partial charge >= 0.3 is 0 Å². The molecule has 4 nitrogen and oxygen atoms in total. The van der Waals surface area contributed by atoms with E-state index < -0.39 is 0 Å². The van der Waals surface area contributed by atoms with E-state index in [2.05, 4.69) is 22.8 Å². The second kappa shape index (κ2) is 6.32. The van der Waals surface area contributed by atoms with Gasteiger partial charge in [-0.15, -0.1) is 0 Å². The molecule has 2 heterocycles. The number of rotatable bonds is 6. The molecule has 1 atom stereocenters.